The molecule has 25 heavy (non-hydrogen) atoms. The molecule has 0 radical (unpaired) electrons. The number of urea groups is 1. The molecule has 2 saturated heterocycles. The molecule has 1 atom stereocenters. The summed E-state index contributed by atoms with van der Waals surface area (Å²) in [5, 5.41) is 10.2. The van der Waals surface area contributed by atoms with Crippen molar-refractivity contribution in [3.63, 3.8) is 0 Å². The van der Waals surface area contributed by atoms with Gasteiger partial charge in [-0.2, -0.15) is 0 Å². The van der Waals surface area contributed by atoms with E-state index in [2.05, 4.69) is 4.90 Å². The van der Waals surface area contributed by atoms with Gasteiger partial charge in [0.15, 0.2) is 0 Å². The Hall–Kier alpha value is -1.79. The fraction of sp³-hybridized carbons (Fsp3) is 0.632. The number of benzene rings is 1. The zero-order valence-corrected chi connectivity index (χ0v) is 15.2. The van der Waals surface area contributed by atoms with Crippen LogP contribution < -0.4 is 4.74 Å². The maximum absolute atomic E-state index is 12.1. The molecule has 1 aromatic rings. The maximum atomic E-state index is 12.1. The van der Waals surface area contributed by atoms with E-state index in [1.165, 1.54) is 5.56 Å². The van der Waals surface area contributed by atoms with Crippen LogP contribution in [0.3, 0.4) is 0 Å². The number of likely N-dealkylation sites (tertiary alicyclic amines) is 1. The first-order valence-corrected chi connectivity index (χ1v) is 9.14. The van der Waals surface area contributed by atoms with Gasteiger partial charge in [-0.25, -0.2) is 4.79 Å². The van der Waals surface area contributed by atoms with Crippen LogP contribution in [0.25, 0.3) is 0 Å². The lowest BCUT2D eigenvalue weighted by Crippen LogP contribution is -2.48. The van der Waals surface area contributed by atoms with Gasteiger partial charge in [0.05, 0.1) is 0 Å². The maximum Gasteiger partial charge on any atom is 0.320 e. The van der Waals surface area contributed by atoms with Crippen molar-refractivity contribution in [2.45, 2.75) is 31.9 Å². The number of carbonyl (C=O) groups is 1. The van der Waals surface area contributed by atoms with E-state index in [-0.39, 0.29) is 6.03 Å². The number of piperidine rings is 1. The smallest absolute Gasteiger partial charge is 0.320 e. The molecule has 138 valence electrons. The number of hydrogen-bond acceptors (Lipinski definition) is 4. The molecule has 0 bridgehead atoms. The molecule has 0 aromatic heterocycles. The van der Waals surface area contributed by atoms with E-state index in [4.69, 9.17) is 4.74 Å². The van der Waals surface area contributed by atoms with Gasteiger partial charge in [-0.15, -0.1) is 0 Å². The number of likely N-dealkylation sites (N-methyl/N-ethyl adjacent to an activating group) is 1. The van der Waals surface area contributed by atoms with Crippen molar-refractivity contribution in [1.82, 2.24) is 14.7 Å². The van der Waals surface area contributed by atoms with E-state index in [0.29, 0.717) is 19.2 Å². The molecule has 0 saturated carbocycles. The number of β-amino-alcohol motifs (C(OH)–C–C–N with tert-alkyl or cyclic N) is 1. The number of ether oxygens (including phenoxy) is 1. The van der Waals surface area contributed by atoms with Crippen LogP contribution in [0.5, 0.6) is 5.75 Å². The first-order chi connectivity index (χ1) is 12.0. The summed E-state index contributed by atoms with van der Waals surface area (Å²) in [4.78, 5) is 18.2. The first-order valence-electron chi connectivity index (χ1n) is 9.14. The third-order valence-corrected chi connectivity index (χ3v) is 5.18. The summed E-state index contributed by atoms with van der Waals surface area (Å²) in [5.74, 6) is 0.792. The highest BCUT2D eigenvalue weighted by atomic mass is 16.5. The minimum atomic E-state index is -0.502. The lowest BCUT2D eigenvalue weighted by Gasteiger charge is -2.37. The average Bonchev–Trinajstić information content (AvgIpc) is 2.94. The van der Waals surface area contributed by atoms with Crippen LogP contribution in [0.15, 0.2) is 24.3 Å². The summed E-state index contributed by atoms with van der Waals surface area (Å²) < 4.78 is 5.66. The Balaban J connectivity index is 1.38. The Morgan fingerprint density at radius 2 is 1.84 bits per heavy atom. The summed E-state index contributed by atoms with van der Waals surface area (Å²) in [6, 6.07) is 8.36. The standard InChI is InChI=1S/C19H29N3O3/c1-15-3-5-18(6-4-15)25-14-17(23)13-21-9-7-16(8-10-21)22-12-11-20(2)19(22)24/h3-6,16-17,23H,7-14H2,1-2H3/t17-/m1/s1. The van der Waals surface area contributed by atoms with Gasteiger partial charge < -0.3 is 24.5 Å². The predicted octanol–water partition coefficient (Wildman–Crippen LogP) is 1.57. The van der Waals surface area contributed by atoms with Gasteiger partial charge in [0.25, 0.3) is 0 Å². The quantitative estimate of drug-likeness (QED) is 0.849. The lowest BCUT2D eigenvalue weighted by atomic mass is 10.0. The van der Waals surface area contributed by atoms with Crippen molar-refractivity contribution in [3.05, 3.63) is 29.8 Å². The van der Waals surface area contributed by atoms with Gasteiger partial charge in [0, 0.05) is 45.8 Å². The van der Waals surface area contributed by atoms with Gasteiger partial charge in [0.1, 0.15) is 18.5 Å². The van der Waals surface area contributed by atoms with E-state index in [1.807, 2.05) is 43.1 Å². The number of amides is 2. The number of nitrogens with zero attached hydrogens (tertiary/aromatic N) is 3. The summed E-state index contributed by atoms with van der Waals surface area (Å²) >= 11 is 0. The van der Waals surface area contributed by atoms with Gasteiger partial charge in [-0.3, -0.25) is 0 Å². The van der Waals surface area contributed by atoms with E-state index >= 15 is 0 Å². The molecule has 2 aliphatic heterocycles. The highest BCUT2D eigenvalue weighted by molar-refractivity contribution is 5.76. The molecule has 6 heteroatoms. The van der Waals surface area contributed by atoms with E-state index in [0.717, 1.165) is 44.8 Å². The Bertz CT molecular complexity index is 570. The van der Waals surface area contributed by atoms with Gasteiger partial charge in [-0.1, -0.05) is 17.7 Å². The molecule has 0 unspecified atom stereocenters. The van der Waals surface area contributed by atoms with Crippen LogP contribution in [-0.4, -0.2) is 84.4 Å². The summed E-state index contributed by atoms with van der Waals surface area (Å²) in [6.45, 7) is 6.46. The number of aliphatic hydroxyl groups excluding tert-OH is 1. The van der Waals surface area contributed by atoms with Crippen LogP contribution in [0.2, 0.25) is 0 Å². The molecule has 2 aliphatic rings. The molecule has 3 rings (SSSR count). The normalized spacial score (nSPS) is 21.0. The zero-order valence-electron chi connectivity index (χ0n) is 15.2. The van der Waals surface area contributed by atoms with Crippen molar-refractivity contribution in [2.75, 3.05) is 46.4 Å². The van der Waals surface area contributed by atoms with E-state index in [1.54, 1.807) is 4.90 Å². The van der Waals surface area contributed by atoms with Gasteiger partial charge in [0.2, 0.25) is 0 Å². The minimum Gasteiger partial charge on any atom is -0.491 e. The third kappa shape index (κ3) is 4.64. The van der Waals surface area contributed by atoms with Crippen molar-refractivity contribution in [3.8, 4) is 5.75 Å². The Morgan fingerprint density at radius 1 is 1.16 bits per heavy atom. The number of aryl methyl sites for hydroxylation is 1. The largest absolute Gasteiger partial charge is 0.491 e. The molecule has 0 spiro atoms. The van der Waals surface area contributed by atoms with Gasteiger partial charge in [-0.05, 0) is 31.9 Å². The topological polar surface area (TPSA) is 56.3 Å². The van der Waals surface area contributed by atoms with Gasteiger partial charge >= 0.3 is 6.03 Å². The fourth-order valence-electron chi connectivity index (χ4n) is 3.60. The molecule has 0 aliphatic carbocycles. The summed E-state index contributed by atoms with van der Waals surface area (Å²) in [7, 11) is 1.86. The van der Waals surface area contributed by atoms with Crippen LogP contribution in [0.1, 0.15) is 18.4 Å². The highest BCUT2D eigenvalue weighted by Gasteiger charge is 2.33. The molecular formula is C19H29N3O3. The second-order valence-electron chi connectivity index (χ2n) is 7.21. The van der Waals surface area contributed by atoms with Crippen LogP contribution in [-0.2, 0) is 0 Å². The Kier molecular flexibility index (Phi) is 5.81. The number of carbonyl (C=O) groups excluding carboxylic acids is 1. The van der Waals surface area contributed by atoms with Crippen LogP contribution in [0.4, 0.5) is 4.79 Å². The minimum absolute atomic E-state index is 0.157. The monoisotopic (exact) mass is 347 g/mol. The predicted molar refractivity (Wildman–Crippen MR) is 96.9 cm³/mol. The van der Waals surface area contributed by atoms with Crippen LogP contribution in [0, 0.1) is 6.92 Å². The van der Waals surface area contributed by atoms with Crippen molar-refractivity contribution in [2.24, 2.45) is 0 Å². The Labute approximate surface area is 150 Å². The SMILES string of the molecule is Cc1ccc(OC[C@H](O)CN2CCC(N3CCN(C)C3=O)CC2)cc1. The summed E-state index contributed by atoms with van der Waals surface area (Å²) in [6.07, 6.45) is 1.45. The highest BCUT2D eigenvalue weighted by Crippen LogP contribution is 2.21. The van der Waals surface area contributed by atoms with Crippen molar-refractivity contribution >= 4 is 6.03 Å². The lowest BCUT2D eigenvalue weighted by molar-refractivity contribution is 0.0505. The van der Waals surface area contributed by atoms with Crippen molar-refractivity contribution in [1.29, 1.82) is 0 Å². The van der Waals surface area contributed by atoms with E-state index in [9.17, 15) is 9.90 Å². The zero-order chi connectivity index (χ0) is 17.8. The number of aliphatic hydroxyl groups is 1. The second kappa shape index (κ2) is 8.06. The van der Waals surface area contributed by atoms with Crippen LogP contribution >= 0.6 is 0 Å². The molecular weight excluding hydrogens is 318 g/mol. The molecule has 1 aromatic carbocycles. The molecule has 6 nitrogen and oxygen atoms in total. The fourth-order valence-corrected chi connectivity index (χ4v) is 3.60. The molecule has 2 amide bonds. The average molecular weight is 347 g/mol. The number of rotatable bonds is 6. The number of hydrogen-bond donors (Lipinski definition) is 1. The summed E-state index contributed by atoms with van der Waals surface area (Å²) in [5.41, 5.74) is 1.19. The Morgan fingerprint density at radius 3 is 2.44 bits per heavy atom. The van der Waals surface area contributed by atoms with Crippen molar-refractivity contribution < 1.29 is 14.6 Å². The third-order valence-electron chi connectivity index (χ3n) is 5.18. The molecule has 2 heterocycles. The molecule has 1 N–H and O–H groups in total. The second-order valence-corrected chi connectivity index (χ2v) is 7.21. The van der Waals surface area contributed by atoms with E-state index < -0.39 is 6.10 Å². The molecule has 2 fully saturated rings. The first kappa shape index (κ1) is 18.0.